The summed E-state index contributed by atoms with van der Waals surface area (Å²) in [5, 5.41) is 3.57. The van der Waals surface area contributed by atoms with E-state index in [2.05, 4.69) is 10.3 Å². The van der Waals surface area contributed by atoms with E-state index in [-0.39, 0.29) is 46.7 Å². The molecule has 3 aromatic carbocycles. The zero-order valence-corrected chi connectivity index (χ0v) is 27.4. The molecule has 46 heavy (non-hydrogen) atoms. The Kier molecular flexibility index (Phi) is 9.30. The molecular formula is C33H31Cl2N5O5S. The molecule has 1 aliphatic rings. The number of aromatic nitrogens is 3. The number of hydrogen-bond acceptors (Lipinski definition) is 7. The van der Waals surface area contributed by atoms with E-state index in [1.165, 1.54) is 19.2 Å². The number of imidazole rings is 1. The molecule has 1 N–H and O–H groups in total. The molecule has 0 unspecified atom stereocenters. The summed E-state index contributed by atoms with van der Waals surface area (Å²) in [6, 6.07) is 18.9. The van der Waals surface area contributed by atoms with Crippen LogP contribution in [-0.2, 0) is 32.8 Å². The molecule has 0 bridgehead atoms. The summed E-state index contributed by atoms with van der Waals surface area (Å²) in [5.74, 6) is 0.0393. The van der Waals surface area contributed by atoms with Crippen LogP contribution in [0.2, 0.25) is 10.0 Å². The van der Waals surface area contributed by atoms with Gasteiger partial charge in [-0.3, -0.25) is 4.79 Å². The Hall–Kier alpha value is -4.00. The lowest BCUT2D eigenvalue weighted by molar-refractivity contribution is -0.123. The zero-order chi connectivity index (χ0) is 32.4. The fraction of sp³-hybridized carbons (Fsp3) is 0.242. The van der Waals surface area contributed by atoms with Crippen molar-refractivity contribution in [1.29, 1.82) is 0 Å². The van der Waals surface area contributed by atoms with Gasteiger partial charge in [-0.25, -0.2) is 18.4 Å². The second-order valence-corrected chi connectivity index (χ2v) is 13.5. The molecule has 13 heteroatoms. The van der Waals surface area contributed by atoms with Crippen molar-refractivity contribution in [3.05, 3.63) is 112 Å². The van der Waals surface area contributed by atoms with Crippen LogP contribution in [0.5, 0.6) is 5.75 Å². The Labute approximate surface area is 276 Å². The number of nitrogens with one attached hydrogen (secondary N) is 1. The van der Waals surface area contributed by atoms with Gasteiger partial charge in [0.05, 0.1) is 29.7 Å². The van der Waals surface area contributed by atoms with Crippen LogP contribution in [0.4, 0.5) is 0 Å². The predicted molar refractivity (Wildman–Crippen MR) is 176 cm³/mol. The van der Waals surface area contributed by atoms with Gasteiger partial charge in [0.1, 0.15) is 28.8 Å². The first-order valence-corrected chi connectivity index (χ1v) is 16.7. The summed E-state index contributed by atoms with van der Waals surface area (Å²) < 4.78 is 43.5. The molecule has 1 fully saturated rings. The Morgan fingerprint density at radius 1 is 1.07 bits per heavy atom. The van der Waals surface area contributed by atoms with Gasteiger partial charge in [0.15, 0.2) is 0 Å². The molecule has 2 atom stereocenters. The number of rotatable bonds is 10. The highest BCUT2D eigenvalue weighted by Crippen LogP contribution is 2.37. The van der Waals surface area contributed by atoms with Crippen LogP contribution in [0.3, 0.4) is 0 Å². The summed E-state index contributed by atoms with van der Waals surface area (Å²) in [6.07, 6.45) is 4.95. The highest BCUT2D eigenvalue weighted by atomic mass is 35.5. The van der Waals surface area contributed by atoms with E-state index < -0.39 is 28.1 Å². The lowest BCUT2D eigenvalue weighted by Crippen LogP contribution is -2.44. The number of ether oxygens (including phenoxy) is 2. The topological polar surface area (TPSA) is 116 Å². The molecule has 0 saturated carbocycles. The summed E-state index contributed by atoms with van der Waals surface area (Å²) in [5.41, 5.74) is 3.52. The molecule has 238 valence electrons. The van der Waals surface area contributed by atoms with Crippen molar-refractivity contribution in [3.63, 3.8) is 0 Å². The molecule has 10 nitrogen and oxygen atoms in total. The van der Waals surface area contributed by atoms with Crippen molar-refractivity contribution >= 4 is 50.0 Å². The molecular weight excluding hydrogens is 649 g/mol. The van der Waals surface area contributed by atoms with Gasteiger partial charge in [-0.2, -0.15) is 4.31 Å². The van der Waals surface area contributed by atoms with Crippen LogP contribution in [0, 0.1) is 6.92 Å². The molecule has 1 saturated heterocycles. The third kappa shape index (κ3) is 6.33. The van der Waals surface area contributed by atoms with Gasteiger partial charge in [-0.1, -0.05) is 65.7 Å². The number of amides is 1. The number of fused-ring (bicyclic) bond motifs is 1. The number of hydrogen-bond donors (Lipinski definition) is 1. The minimum absolute atomic E-state index is 0.0156. The number of likely N-dealkylation sites (N-methyl/N-ethyl adjacent to an activating group) is 1. The second kappa shape index (κ2) is 13.4. The number of carbonyl (C=O) groups excluding carboxylic acids is 1. The first kappa shape index (κ1) is 32.0. The lowest BCUT2D eigenvalue weighted by Gasteiger charge is -2.24. The SMILES string of the molecule is CNC(=O)[C@@H]1C[C@@H](OCc2ccccc2)CN1S(=O)(=O)c1ccc(Cl)c(COc2cccc3c(-n4ccnc4)cc(C)nc23)c1Cl. The van der Waals surface area contributed by atoms with Gasteiger partial charge in [-0.15, -0.1) is 0 Å². The highest BCUT2D eigenvalue weighted by molar-refractivity contribution is 7.89. The van der Waals surface area contributed by atoms with Crippen molar-refractivity contribution in [2.24, 2.45) is 0 Å². The first-order valence-electron chi connectivity index (χ1n) is 14.5. The maximum absolute atomic E-state index is 14.1. The Morgan fingerprint density at radius 2 is 1.87 bits per heavy atom. The monoisotopic (exact) mass is 679 g/mol. The predicted octanol–water partition coefficient (Wildman–Crippen LogP) is 5.71. The molecule has 3 heterocycles. The van der Waals surface area contributed by atoms with E-state index in [1.807, 2.05) is 66.2 Å². The molecule has 1 aliphatic heterocycles. The minimum atomic E-state index is -4.26. The van der Waals surface area contributed by atoms with Gasteiger partial charge in [0.2, 0.25) is 15.9 Å². The molecule has 0 aliphatic carbocycles. The van der Waals surface area contributed by atoms with Gasteiger partial charge >= 0.3 is 0 Å². The second-order valence-electron chi connectivity index (χ2n) is 10.9. The average Bonchev–Trinajstić information content (AvgIpc) is 3.75. The summed E-state index contributed by atoms with van der Waals surface area (Å²) in [6.45, 7) is 2.03. The molecule has 2 aromatic heterocycles. The largest absolute Gasteiger partial charge is 0.487 e. The van der Waals surface area contributed by atoms with E-state index >= 15 is 0 Å². The standard InChI is InChI=1S/C33H31Cl2N5O5S/c1-21-15-27(39-14-13-37-20-39)24-9-6-10-29(32(24)38-21)45-19-25-26(34)11-12-30(31(25)35)46(42,43)40-17-23(16-28(40)33(41)36-2)44-18-22-7-4-3-5-8-22/h3-15,20,23,28H,16-19H2,1-2H3,(H,36,41)/t23-,28+/m1/s1. The summed E-state index contributed by atoms with van der Waals surface area (Å²) in [7, 11) is -2.79. The third-order valence-corrected chi connectivity index (χ3v) is 10.7. The number of para-hydroxylation sites is 1. The number of sulfonamides is 1. The van der Waals surface area contributed by atoms with Crippen LogP contribution in [0.1, 0.15) is 23.2 Å². The van der Waals surface area contributed by atoms with E-state index in [9.17, 15) is 13.2 Å². The normalized spacial score (nSPS) is 17.0. The Morgan fingerprint density at radius 3 is 2.61 bits per heavy atom. The summed E-state index contributed by atoms with van der Waals surface area (Å²) in [4.78, 5) is 21.5. The number of carbonyl (C=O) groups is 1. The van der Waals surface area contributed by atoms with Crippen LogP contribution in [0.15, 0.2) is 90.3 Å². The third-order valence-electron chi connectivity index (χ3n) is 7.90. The quantitative estimate of drug-likeness (QED) is 0.201. The van der Waals surface area contributed by atoms with Crippen LogP contribution >= 0.6 is 23.2 Å². The number of benzene rings is 3. The van der Waals surface area contributed by atoms with E-state index in [1.54, 1.807) is 18.6 Å². The van der Waals surface area contributed by atoms with E-state index in [0.29, 0.717) is 11.3 Å². The number of nitrogens with zero attached hydrogens (tertiary/aromatic N) is 4. The zero-order valence-electron chi connectivity index (χ0n) is 25.1. The van der Waals surface area contributed by atoms with E-state index in [0.717, 1.165) is 26.6 Å². The van der Waals surface area contributed by atoms with Gasteiger partial charge in [0, 0.05) is 54.1 Å². The fourth-order valence-corrected chi connectivity index (χ4v) is 8.09. The Balaban J connectivity index is 1.28. The molecule has 0 radical (unpaired) electrons. The van der Waals surface area contributed by atoms with Crippen molar-refractivity contribution in [2.75, 3.05) is 13.6 Å². The van der Waals surface area contributed by atoms with Gasteiger partial charge in [0.25, 0.3) is 0 Å². The fourth-order valence-electron chi connectivity index (χ4n) is 5.59. The number of pyridine rings is 1. The van der Waals surface area contributed by atoms with Gasteiger partial charge in [-0.05, 0) is 36.8 Å². The molecule has 1 amide bonds. The van der Waals surface area contributed by atoms with Crippen LogP contribution in [-0.4, -0.2) is 58.9 Å². The lowest BCUT2D eigenvalue weighted by atomic mass is 10.1. The average molecular weight is 681 g/mol. The molecule has 0 spiro atoms. The molecule has 6 rings (SSSR count). The van der Waals surface area contributed by atoms with Crippen molar-refractivity contribution in [3.8, 4) is 11.4 Å². The van der Waals surface area contributed by atoms with Gasteiger partial charge < -0.3 is 19.4 Å². The van der Waals surface area contributed by atoms with Crippen LogP contribution in [0.25, 0.3) is 16.6 Å². The summed E-state index contributed by atoms with van der Waals surface area (Å²) >= 11 is 13.3. The maximum Gasteiger partial charge on any atom is 0.245 e. The highest BCUT2D eigenvalue weighted by Gasteiger charge is 2.45. The van der Waals surface area contributed by atoms with E-state index in [4.69, 9.17) is 37.7 Å². The van der Waals surface area contributed by atoms with Crippen molar-refractivity contribution < 1.29 is 22.7 Å². The van der Waals surface area contributed by atoms with Crippen molar-refractivity contribution in [1.82, 2.24) is 24.2 Å². The smallest absolute Gasteiger partial charge is 0.245 e. The minimum Gasteiger partial charge on any atom is -0.487 e. The van der Waals surface area contributed by atoms with Crippen molar-refractivity contribution in [2.45, 2.75) is 43.6 Å². The number of halogens is 2. The number of aryl methyl sites for hydroxylation is 1. The Bertz CT molecular complexity index is 1990. The molecule has 5 aromatic rings. The maximum atomic E-state index is 14.1. The van der Waals surface area contributed by atoms with Crippen LogP contribution < -0.4 is 10.1 Å². The first-order chi connectivity index (χ1) is 22.2.